The number of nitrogens with one attached hydrogen (secondary N) is 2. The highest BCUT2D eigenvalue weighted by Gasteiger charge is 2.15. The summed E-state index contributed by atoms with van der Waals surface area (Å²) in [4.78, 5) is 0. The van der Waals surface area contributed by atoms with Crippen LogP contribution in [0.15, 0.2) is 24.3 Å². The first-order valence-electron chi connectivity index (χ1n) is 6.91. The zero-order valence-electron chi connectivity index (χ0n) is 12.0. The maximum absolute atomic E-state index is 12.8. The maximum atomic E-state index is 12.8. The summed E-state index contributed by atoms with van der Waals surface area (Å²) in [5.74, 6) is -0.235. The van der Waals surface area contributed by atoms with Crippen molar-refractivity contribution in [2.75, 3.05) is 18.8 Å². The molecule has 0 aliphatic rings. The zero-order chi connectivity index (χ0) is 15.0. The molecule has 1 aromatic carbocycles. The van der Waals surface area contributed by atoms with E-state index >= 15 is 0 Å². The zero-order valence-corrected chi connectivity index (χ0v) is 12.8. The fourth-order valence-corrected chi connectivity index (χ4v) is 3.15. The number of rotatable bonds is 9. The predicted octanol–water partition coefficient (Wildman–Crippen LogP) is 2.20. The van der Waals surface area contributed by atoms with E-state index < -0.39 is 10.0 Å². The molecule has 6 heteroatoms. The molecular formula is C14H23FN2O2S. The standard InChI is InChI=1S/C14H23FN2O2S/c1-3-9-16-10-4-11-20(18,19)17-12(2)13-5-7-14(15)8-6-13/h5-8,12,16-17H,3-4,9-11H2,1-2H3. The summed E-state index contributed by atoms with van der Waals surface area (Å²) < 4.78 is 39.2. The first-order chi connectivity index (χ1) is 9.44. The molecule has 0 aliphatic carbocycles. The highest BCUT2D eigenvalue weighted by molar-refractivity contribution is 7.89. The first-order valence-corrected chi connectivity index (χ1v) is 8.56. The minimum Gasteiger partial charge on any atom is -0.317 e. The lowest BCUT2D eigenvalue weighted by molar-refractivity contribution is 0.560. The maximum Gasteiger partial charge on any atom is 0.212 e. The molecule has 114 valence electrons. The third kappa shape index (κ3) is 6.45. The molecule has 4 nitrogen and oxygen atoms in total. The Labute approximate surface area is 120 Å². The Hall–Kier alpha value is -0.980. The van der Waals surface area contributed by atoms with Gasteiger partial charge in [-0.15, -0.1) is 0 Å². The van der Waals surface area contributed by atoms with Gasteiger partial charge in [0.1, 0.15) is 5.82 Å². The van der Waals surface area contributed by atoms with Crippen molar-refractivity contribution in [3.05, 3.63) is 35.6 Å². The van der Waals surface area contributed by atoms with Crippen molar-refractivity contribution >= 4 is 10.0 Å². The van der Waals surface area contributed by atoms with Gasteiger partial charge in [0.25, 0.3) is 0 Å². The van der Waals surface area contributed by atoms with Gasteiger partial charge in [0.15, 0.2) is 0 Å². The quantitative estimate of drug-likeness (QED) is 0.688. The van der Waals surface area contributed by atoms with Gasteiger partial charge < -0.3 is 5.32 Å². The number of hydrogen-bond acceptors (Lipinski definition) is 3. The van der Waals surface area contributed by atoms with Gasteiger partial charge >= 0.3 is 0 Å². The number of benzene rings is 1. The van der Waals surface area contributed by atoms with E-state index in [1.807, 2.05) is 0 Å². The van der Waals surface area contributed by atoms with Crippen LogP contribution in [0.4, 0.5) is 4.39 Å². The summed E-state index contributed by atoms with van der Waals surface area (Å²) in [6, 6.07) is 5.48. The number of hydrogen-bond donors (Lipinski definition) is 2. The van der Waals surface area contributed by atoms with Gasteiger partial charge in [-0.1, -0.05) is 19.1 Å². The van der Waals surface area contributed by atoms with Crippen LogP contribution in [0.2, 0.25) is 0 Å². The number of sulfonamides is 1. The lowest BCUT2D eigenvalue weighted by Crippen LogP contribution is -2.30. The Bertz CT molecular complexity index is 488. The van der Waals surface area contributed by atoms with Crippen molar-refractivity contribution < 1.29 is 12.8 Å². The molecule has 0 spiro atoms. The predicted molar refractivity (Wildman–Crippen MR) is 79.5 cm³/mol. The van der Waals surface area contributed by atoms with Crippen molar-refractivity contribution in [2.45, 2.75) is 32.7 Å². The van der Waals surface area contributed by atoms with Crippen molar-refractivity contribution in [3.63, 3.8) is 0 Å². The Balaban J connectivity index is 2.43. The third-order valence-electron chi connectivity index (χ3n) is 2.92. The molecule has 0 saturated carbocycles. The monoisotopic (exact) mass is 302 g/mol. The van der Waals surface area contributed by atoms with Gasteiger partial charge in [0.05, 0.1) is 5.75 Å². The molecule has 2 N–H and O–H groups in total. The Morgan fingerprint density at radius 1 is 1.20 bits per heavy atom. The van der Waals surface area contributed by atoms with E-state index in [0.29, 0.717) is 13.0 Å². The number of halogens is 1. The molecule has 0 aliphatic heterocycles. The van der Waals surface area contributed by atoms with Crippen LogP contribution in [0.3, 0.4) is 0 Å². The van der Waals surface area contributed by atoms with E-state index in [9.17, 15) is 12.8 Å². The van der Waals surface area contributed by atoms with Crippen LogP contribution in [0.1, 0.15) is 38.3 Å². The van der Waals surface area contributed by atoms with Crippen LogP contribution in [-0.4, -0.2) is 27.3 Å². The van der Waals surface area contributed by atoms with Crippen LogP contribution in [0.5, 0.6) is 0 Å². The lowest BCUT2D eigenvalue weighted by atomic mass is 10.1. The highest BCUT2D eigenvalue weighted by Crippen LogP contribution is 2.14. The Kier molecular flexibility index (Phi) is 7.12. The second-order valence-corrected chi connectivity index (χ2v) is 6.69. The third-order valence-corrected chi connectivity index (χ3v) is 4.46. The Morgan fingerprint density at radius 2 is 1.85 bits per heavy atom. The average Bonchev–Trinajstić information content (AvgIpc) is 2.38. The van der Waals surface area contributed by atoms with Crippen LogP contribution >= 0.6 is 0 Å². The van der Waals surface area contributed by atoms with Gasteiger partial charge in [0.2, 0.25) is 10.0 Å². The molecule has 0 heterocycles. The fraction of sp³-hybridized carbons (Fsp3) is 0.571. The molecule has 0 amide bonds. The summed E-state index contributed by atoms with van der Waals surface area (Å²) in [5, 5.41) is 3.16. The first kappa shape index (κ1) is 17.1. The minimum atomic E-state index is -3.31. The molecular weight excluding hydrogens is 279 g/mol. The molecule has 0 saturated heterocycles. The molecule has 20 heavy (non-hydrogen) atoms. The lowest BCUT2D eigenvalue weighted by Gasteiger charge is -2.14. The van der Waals surface area contributed by atoms with Crippen molar-refractivity contribution in [1.29, 1.82) is 0 Å². The second kappa shape index (κ2) is 8.34. The SMILES string of the molecule is CCCNCCCS(=O)(=O)NC(C)c1ccc(F)cc1. The summed E-state index contributed by atoms with van der Waals surface area (Å²) in [7, 11) is -3.31. The van der Waals surface area contributed by atoms with Crippen LogP contribution in [0.25, 0.3) is 0 Å². The van der Waals surface area contributed by atoms with E-state index in [-0.39, 0.29) is 17.6 Å². The van der Waals surface area contributed by atoms with E-state index in [2.05, 4.69) is 17.0 Å². The summed E-state index contributed by atoms with van der Waals surface area (Å²) >= 11 is 0. The molecule has 0 bridgehead atoms. The summed E-state index contributed by atoms with van der Waals surface area (Å²) in [6.45, 7) is 5.41. The van der Waals surface area contributed by atoms with Crippen LogP contribution in [-0.2, 0) is 10.0 Å². The molecule has 0 fully saturated rings. The van der Waals surface area contributed by atoms with Crippen molar-refractivity contribution in [2.24, 2.45) is 0 Å². The Morgan fingerprint density at radius 3 is 2.45 bits per heavy atom. The van der Waals surface area contributed by atoms with E-state index in [4.69, 9.17) is 0 Å². The minimum absolute atomic E-state index is 0.0925. The molecule has 0 radical (unpaired) electrons. The second-order valence-electron chi connectivity index (χ2n) is 4.81. The van der Waals surface area contributed by atoms with Gasteiger partial charge in [-0.3, -0.25) is 0 Å². The van der Waals surface area contributed by atoms with Gasteiger partial charge in [0, 0.05) is 6.04 Å². The van der Waals surface area contributed by atoms with E-state index in [1.54, 1.807) is 19.1 Å². The smallest absolute Gasteiger partial charge is 0.212 e. The van der Waals surface area contributed by atoms with Crippen LogP contribution < -0.4 is 10.0 Å². The van der Waals surface area contributed by atoms with Gasteiger partial charge in [-0.05, 0) is 50.6 Å². The van der Waals surface area contributed by atoms with E-state index in [0.717, 1.165) is 18.5 Å². The molecule has 1 rings (SSSR count). The molecule has 0 aromatic heterocycles. The molecule has 1 aromatic rings. The van der Waals surface area contributed by atoms with E-state index in [1.165, 1.54) is 12.1 Å². The highest BCUT2D eigenvalue weighted by atomic mass is 32.2. The van der Waals surface area contributed by atoms with Crippen molar-refractivity contribution in [1.82, 2.24) is 10.0 Å². The van der Waals surface area contributed by atoms with Gasteiger partial charge in [-0.25, -0.2) is 17.5 Å². The molecule has 1 unspecified atom stereocenters. The normalized spacial score (nSPS) is 13.3. The summed E-state index contributed by atoms with van der Waals surface area (Å²) in [5.41, 5.74) is 0.749. The van der Waals surface area contributed by atoms with Crippen molar-refractivity contribution in [3.8, 4) is 0 Å². The summed E-state index contributed by atoms with van der Waals surface area (Å²) in [6.07, 6.45) is 1.61. The van der Waals surface area contributed by atoms with Crippen LogP contribution in [0, 0.1) is 5.82 Å². The fourth-order valence-electron chi connectivity index (χ4n) is 1.84. The average molecular weight is 302 g/mol. The topological polar surface area (TPSA) is 58.2 Å². The molecule has 1 atom stereocenters. The largest absolute Gasteiger partial charge is 0.317 e. The van der Waals surface area contributed by atoms with Gasteiger partial charge in [-0.2, -0.15) is 0 Å².